The van der Waals surface area contributed by atoms with Crippen LogP contribution in [0.15, 0.2) is 12.2 Å². The molecule has 5 saturated carbocycles. The predicted molar refractivity (Wildman–Crippen MR) is 127 cm³/mol. The number of aliphatic hydroxyl groups is 2. The topological polar surface area (TPSA) is 40.5 Å². The Hall–Kier alpha value is -0.340. The molecule has 176 valence electrons. The molecule has 5 fully saturated rings. The molecular formula is C29H48O2. The van der Waals surface area contributed by atoms with Crippen molar-refractivity contribution in [3.05, 3.63) is 12.2 Å². The first kappa shape index (κ1) is 22.5. The Morgan fingerprint density at radius 2 is 1.55 bits per heavy atom. The molecule has 0 unspecified atom stereocenters. The molecule has 2 N–H and O–H groups in total. The molecule has 10 atom stereocenters. The van der Waals surface area contributed by atoms with E-state index in [1.54, 1.807) is 0 Å². The Balaban J connectivity index is 1.43. The lowest BCUT2D eigenvalue weighted by atomic mass is 9.41. The summed E-state index contributed by atoms with van der Waals surface area (Å²) in [6.45, 7) is 18.4. The normalized spacial score (nSPS) is 54.1. The van der Waals surface area contributed by atoms with Crippen LogP contribution >= 0.6 is 0 Å². The molecule has 2 heteroatoms. The molecule has 2 spiro atoms. The highest BCUT2D eigenvalue weighted by molar-refractivity contribution is 5.30. The summed E-state index contributed by atoms with van der Waals surface area (Å²) in [5.74, 6) is 2.86. The Labute approximate surface area is 191 Å². The van der Waals surface area contributed by atoms with E-state index >= 15 is 0 Å². The van der Waals surface area contributed by atoms with Crippen molar-refractivity contribution in [2.75, 3.05) is 0 Å². The summed E-state index contributed by atoms with van der Waals surface area (Å²) in [6.07, 6.45) is 12.4. The first-order valence-electron chi connectivity index (χ1n) is 13.4. The van der Waals surface area contributed by atoms with Gasteiger partial charge in [-0.05, 0) is 122 Å². The van der Waals surface area contributed by atoms with Crippen molar-refractivity contribution in [1.29, 1.82) is 0 Å². The van der Waals surface area contributed by atoms with Crippen LogP contribution in [0.1, 0.15) is 106 Å². The lowest BCUT2D eigenvalue weighted by Gasteiger charge is -2.63. The quantitative estimate of drug-likeness (QED) is 0.486. The van der Waals surface area contributed by atoms with Gasteiger partial charge in [0.1, 0.15) is 0 Å². The summed E-state index contributed by atoms with van der Waals surface area (Å²) in [5, 5.41) is 21.3. The van der Waals surface area contributed by atoms with Crippen LogP contribution in [0.5, 0.6) is 0 Å². The summed E-state index contributed by atoms with van der Waals surface area (Å²) >= 11 is 0. The van der Waals surface area contributed by atoms with E-state index in [9.17, 15) is 10.2 Å². The third-order valence-corrected chi connectivity index (χ3v) is 13.0. The second kappa shape index (κ2) is 6.62. The highest BCUT2D eigenvalue weighted by Gasteiger charge is 2.82. The molecule has 0 aromatic heterocycles. The van der Waals surface area contributed by atoms with E-state index in [4.69, 9.17) is 0 Å². The number of fused-ring (bicyclic) bond motifs is 2. The fourth-order valence-corrected chi connectivity index (χ4v) is 11.0. The average molecular weight is 429 g/mol. The molecule has 0 saturated heterocycles. The molecule has 0 aliphatic heterocycles. The van der Waals surface area contributed by atoms with Gasteiger partial charge in [0.25, 0.3) is 0 Å². The number of hydrogen-bond donors (Lipinski definition) is 2. The average Bonchev–Trinajstić information content (AvgIpc) is 3.27. The van der Waals surface area contributed by atoms with Crippen LogP contribution in [0, 0.1) is 50.7 Å². The number of aliphatic hydroxyl groups excluding tert-OH is 2. The van der Waals surface area contributed by atoms with Crippen molar-refractivity contribution >= 4 is 0 Å². The van der Waals surface area contributed by atoms with Crippen LogP contribution in [-0.2, 0) is 0 Å². The van der Waals surface area contributed by atoms with E-state index in [0.717, 1.165) is 36.2 Å². The summed E-state index contributed by atoms with van der Waals surface area (Å²) in [6, 6.07) is 0. The standard InChI is InChI=1S/C29H48O2/c1-18(2)21(30)16-19(3)20-10-12-27(7)23-9-8-22-25(4,5)24(31)11-13-28(22)17-29(23,28)15-14-26(20,27)6/h19-24,30-31H,1,8-17H2,2-7H3/t19-,20-,21-,22+,23+,24+,26-,27+,28-,29+/m1/s1. The Bertz CT molecular complexity index is 771. The summed E-state index contributed by atoms with van der Waals surface area (Å²) in [7, 11) is 0. The highest BCUT2D eigenvalue weighted by atomic mass is 16.3. The van der Waals surface area contributed by atoms with Crippen molar-refractivity contribution in [3.63, 3.8) is 0 Å². The number of rotatable bonds is 4. The van der Waals surface area contributed by atoms with Crippen LogP contribution in [0.2, 0.25) is 0 Å². The van der Waals surface area contributed by atoms with Gasteiger partial charge in [-0.15, -0.1) is 0 Å². The molecule has 5 aliphatic rings. The Morgan fingerprint density at radius 3 is 2.23 bits per heavy atom. The van der Waals surface area contributed by atoms with Gasteiger partial charge >= 0.3 is 0 Å². The molecule has 0 bridgehead atoms. The smallest absolute Gasteiger partial charge is 0.0747 e. The molecule has 0 aromatic rings. The van der Waals surface area contributed by atoms with Crippen LogP contribution in [0.4, 0.5) is 0 Å². The molecule has 0 heterocycles. The van der Waals surface area contributed by atoms with E-state index in [2.05, 4.69) is 41.2 Å². The second-order valence-corrected chi connectivity index (χ2v) is 14.1. The van der Waals surface area contributed by atoms with Gasteiger partial charge in [-0.2, -0.15) is 0 Å². The number of hydrogen-bond acceptors (Lipinski definition) is 2. The van der Waals surface area contributed by atoms with Crippen LogP contribution in [0.3, 0.4) is 0 Å². The van der Waals surface area contributed by atoms with Gasteiger partial charge in [0.05, 0.1) is 12.2 Å². The molecule has 31 heavy (non-hydrogen) atoms. The SMILES string of the molecule is C=C(C)[C@H](O)C[C@@H](C)[C@H]1CC[C@@]2(C)[C@@H]3CC[C@H]4C(C)(C)[C@@H](O)CC[C@@]45C[C@@]35CC[C@]12C. The van der Waals surface area contributed by atoms with E-state index in [0.29, 0.717) is 27.6 Å². The van der Waals surface area contributed by atoms with Crippen molar-refractivity contribution in [2.24, 2.45) is 50.7 Å². The first-order valence-corrected chi connectivity index (χ1v) is 13.4. The maximum atomic E-state index is 10.8. The minimum atomic E-state index is -0.349. The summed E-state index contributed by atoms with van der Waals surface area (Å²) in [5.41, 5.74) is 2.94. The fraction of sp³-hybridized carbons (Fsp3) is 0.931. The van der Waals surface area contributed by atoms with Crippen LogP contribution in [0.25, 0.3) is 0 Å². The Kier molecular flexibility index (Phi) is 4.80. The minimum Gasteiger partial charge on any atom is -0.393 e. The molecular weight excluding hydrogens is 380 g/mol. The minimum absolute atomic E-state index is 0.0831. The van der Waals surface area contributed by atoms with Gasteiger partial charge in [0.2, 0.25) is 0 Å². The molecule has 0 aromatic carbocycles. The zero-order valence-corrected chi connectivity index (χ0v) is 21.1. The third kappa shape index (κ3) is 2.59. The molecule has 5 rings (SSSR count). The van der Waals surface area contributed by atoms with Crippen LogP contribution < -0.4 is 0 Å². The first-order chi connectivity index (χ1) is 14.4. The maximum absolute atomic E-state index is 10.8. The van der Waals surface area contributed by atoms with E-state index in [-0.39, 0.29) is 17.6 Å². The summed E-state index contributed by atoms with van der Waals surface area (Å²) in [4.78, 5) is 0. The van der Waals surface area contributed by atoms with Crippen molar-refractivity contribution in [2.45, 2.75) is 118 Å². The zero-order valence-electron chi connectivity index (χ0n) is 21.1. The third-order valence-electron chi connectivity index (χ3n) is 13.0. The van der Waals surface area contributed by atoms with Crippen molar-refractivity contribution in [1.82, 2.24) is 0 Å². The van der Waals surface area contributed by atoms with E-state index in [1.165, 1.54) is 51.4 Å². The predicted octanol–water partition coefficient (Wildman–Crippen LogP) is 6.75. The molecule has 5 aliphatic carbocycles. The monoisotopic (exact) mass is 428 g/mol. The summed E-state index contributed by atoms with van der Waals surface area (Å²) < 4.78 is 0. The fourth-order valence-electron chi connectivity index (χ4n) is 11.0. The van der Waals surface area contributed by atoms with Gasteiger partial charge in [-0.1, -0.05) is 46.8 Å². The molecule has 0 amide bonds. The molecule has 2 nitrogen and oxygen atoms in total. The lowest BCUT2D eigenvalue weighted by molar-refractivity contribution is -0.162. The van der Waals surface area contributed by atoms with Crippen molar-refractivity contribution in [3.8, 4) is 0 Å². The van der Waals surface area contributed by atoms with Gasteiger partial charge in [0, 0.05) is 0 Å². The second-order valence-electron chi connectivity index (χ2n) is 14.1. The van der Waals surface area contributed by atoms with Crippen LogP contribution in [-0.4, -0.2) is 22.4 Å². The lowest BCUT2D eigenvalue weighted by Crippen LogP contribution is -2.57. The van der Waals surface area contributed by atoms with E-state index in [1.807, 2.05) is 6.92 Å². The van der Waals surface area contributed by atoms with Gasteiger partial charge in [-0.3, -0.25) is 0 Å². The molecule has 0 radical (unpaired) electrons. The van der Waals surface area contributed by atoms with Crippen molar-refractivity contribution < 1.29 is 10.2 Å². The van der Waals surface area contributed by atoms with Gasteiger partial charge in [0.15, 0.2) is 0 Å². The maximum Gasteiger partial charge on any atom is 0.0747 e. The highest BCUT2D eigenvalue weighted by Crippen LogP contribution is 2.89. The van der Waals surface area contributed by atoms with E-state index < -0.39 is 0 Å². The van der Waals surface area contributed by atoms with Gasteiger partial charge < -0.3 is 10.2 Å². The Morgan fingerprint density at radius 1 is 0.903 bits per heavy atom. The van der Waals surface area contributed by atoms with Gasteiger partial charge in [-0.25, -0.2) is 0 Å². The largest absolute Gasteiger partial charge is 0.393 e. The zero-order chi connectivity index (χ0) is 22.6.